The number of rotatable bonds is 2. The predicted molar refractivity (Wildman–Crippen MR) is 83.0 cm³/mol. The van der Waals surface area contributed by atoms with Crippen LogP contribution in [0.15, 0.2) is 40.9 Å². The van der Waals surface area contributed by atoms with Gasteiger partial charge in [0.25, 0.3) is 5.91 Å². The van der Waals surface area contributed by atoms with Crippen molar-refractivity contribution in [2.45, 2.75) is 0 Å². The van der Waals surface area contributed by atoms with Crippen molar-refractivity contribution < 1.29 is 4.79 Å². The molecule has 3 nitrogen and oxygen atoms in total. The minimum atomic E-state index is -0.333. The summed E-state index contributed by atoms with van der Waals surface area (Å²) < 4.78 is 0.658. The molecule has 98 valence electrons. The topological polar surface area (TPSA) is 55.1 Å². The second-order valence-corrected chi connectivity index (χ2v) is 5.46. The summed E-state index contributed by atoms with van der Waals surface area (Å²) in [7, 11) is 0. The van der Waals surface area contributed by atoms with E-state index in [1.807, 2.05) is 0 Å². The summed E-state index contributed by atoms with van der Waals surface area (Å²) in [5, 5.41) is 3.56. The fraction of sp³-hybridized carbons (Fsp3) is 0. The zero-order valence-electron chi connectivity index (χ0n) is 9.58. The van der Waals surface area contributed by atoms with Crippen LogP contribution in [0, 0.1) is 0 Å². The highest BCUT2D eigenvalue weighted by Gasteiger charge is 2.13. The van der Waals surface area contributed by atoms with Crippen LogP contribution in [0.25, 0.3) is 0 Å². The number of nitrogens with one attached hydrogen (secondary N) is 1. The third-order valence-corrected chi connectivity index (χ3v) is 3.99. The fourth-order valence-electron chi connectivity index (χ4n) is 1.52. The molecule has 0 aliphatic heterocycles. The maximum Gasteiger partial charge on any atom is 0.257 e. The summed E-state index contributed by atoms with van der Waals surface area (Å²) in [6.45, 7) is 0. The largest absolute Gasteiger partial charge is 0.397 e. The van der Waals surface area contributed by atoms with Crippen molar-refractivity contribution in [3.63, 3.8) is 0 Å². The van der Waals surface area contributed by atoms with Crippen molar-refractivity contribution in [2.24, 2.45) is 0 Å². The van der Waals surface area contributed by atoms with Crippen LogP contribution in [0.2, 0.25) is 10.0 Å². The monoisotopic (exact) mass is 358 g/mol. The lowest BCUT2D eigenvalue weighted by atomic mass is 10.2. The maximum absolute atomic E-state index is 12.1. The maximum atomic E-state index is 12.1. The second kappa shape index (κ2) is 5.82. The third kappa shape index (κ3) is 3.21. The molecule has 19 heavy (non-hydrogen) atoms. The molecule has 0 bridgehead atoms. The van der Waals surface area contributed by atoms with E-state index in [1.165, 1.54) is 0 Å². The van der Waals surface area contributed by atoms with E-state index in [1.54, 1.807) is 36.4 Å². The highest BCUT2D eigenvalue weighted by Crippen LogP contribution is 2.28. The molecule has 0 heterocycles. The molecule has 0 aromatic heterocycles. The first kappa shape index (κ1) is 14.2. The molecule has 3 N–H and O–H groups in total. The Balaban J connectivity index is 2.28. The van der Waals surface area contributed by atoms with E-state index in [0.717, 1.165) is 0 Å². The Hall–Kier alpha value is -1.23. The smallest absolute Gasteiger partial charge is 0.257 e. The van der Waals surface area contributed by atoms with Gasteiger partial charge in [-0.1, -0.05) is 29.3 Å². The summed E-state index contributed by atoms with van der Waals surface area (Å²) in [4.78, 5) is 12.1. The predicted octanol–water partition coefficient (Wildman–Crippen LogP) is 4.59. The number of hydrogen-bond donors (Lipinski definition) is 2. The summed E-state index contributed by atoms with van der Waals surface area (Å²) >= 11 is 15.1. The number of halogens is 3. The van der Waals surface area contributed by atoms with Crippen molar-refractivity contribution in [1.82, 2.24) is 0 Å². The first-order valence-electron chi connectivity index (χ1n) is 5.29. The Kier molecular flexibility index (Phi) is 4.34. The number of carbonyl (C=O) groups is 1. The van der Waals surface area contributed by atoms with Crippen LogP contribution in [0.4, 0.5) is 11.4 Å². The highest BCUT2D eigenvalue weighted by atomic mass is 79.9. The van der Waals surface area contributed by atoms with Gasteiger partial charge in [-0.05, 0) is 46.3 Å². The molecule has 0 fully saturated rings. The molecule has 0 atom stereocenters. The molecule has 0 saturated heterocycles. The van der Waals surface area contributed by atoms with Gasteiger partial charge in [0.2, 0.25) is 0 Å². The first-order chi connectivity index (χ1) is 8.99. The Morgan fingerprint density at radius 1 is 1.21 bits per heavy atom. The van der Waals surface area contributed by atoms with E-state index in [0.29, 0.717) is 31.5 Å². The Morgan fingerprint density at radius 2 is 1.95 bits per heavy atom. The van der Waals surface area contributed by atoms with Gasteiger partial charge in [-0.2, -0.15) is 0 Å². The summed E-state index contributed by atoms with van der Waals surface area (Å²) in [5.74, 6) is -0.333. The van der Waals surface area contributed by atoms with Crippen molar-refractivity contribution >= 4 is 56.4 Å². The van der Waals surface area contributed by atoms with E-state index >= 15 is 0 Å². The quantitative estimate of drug-likeness (QED) is 0.770. The van der Waals surface area contributed by atoms with Crippen LogP contribution in [-0.4, -0.2) is 5.91 Å². The molecule has 0 saturated carbocycles. The summed E-state index contributed by atoms with van der Waals surface area (Å²) in [5.41, 5.74) is 7.03. The van der Waals surface area contributed by atoms with E-state index in [2.05, 4.69) is 21.2 Å². The number of carbonyl (C=O) groups excluding carboxylic acids is 1. The third-order valence-electron chi connectivity index (χ3n) is 2.46. The van der Waals surface area contributed by atoms with Crippen LogP contribution >= 0.6 is 39.1 Å². The number of benzene rings is 2. The standard InChI is InChI=1S/C13H9BrCl2N2O/c14-9-3-1-2-8(12(9)16)13(19)18-11-5-4-7(15)6-10(11)17/h1-6H,17H2,(H,18,19). The molecule has 2 aromatic carbocycles. The highest BCUT2D eigenvalue weighted by molar-refractivity contribution is 9.10. The zero-order chi connectivity index (χ0) is 14.0. The number of hydrogen-bond acceptors (Lipinski definition) is 2. The number of anilines is 2. The van der Waals surface area contributed by atoms with Gasteiger partial charge in [0.15, 0.2) is 0 Å². The van der Waals surface area contributed by atoms with Crippen LogP contribution < -0.4 is 11.1 Å². The summed E-state index contributed by atoms with van der Waals surface area (Å²) in [6, 6.07) is 9.98. The first-order valence-corrected chi connectivity index (χ1v) is 6.84. The molecule has 0 unspecified atom stereocenters. The number of nitrogens with two attached hydrogens (primary N) is 1. The minimum Gasteiger partial charge on any atom is -0.397 e. The average molecular weight is 360 g/mol. The van der Waals surface area contributed by atoms with Crippen molar-refractivity contribution in [1.29, 1.82) is 0 Å². The van der Waals surface area contributed by atoms with Crippen LogP contribution in [0.5, 0.6) is 0 Å². The SMILES string of the molecule is Nc1cc(Cl)ccc1NC(=O)c1cccc(Br)c1Cl. The minimum absolute atomic E-state index is 0.333. The van der Waals surface area contributed by atoms with Crippen molar-refractivity contribution in [3.05, 3.63) is 56.5 Å². The van der Waals surface area contributed by atoms with Gasteiger partial charge in [0, 0.05) is 9.50 Å². The molecule has 0 radical (unpaired) electrons. The molecule has 0 spiro atoms. The van der Waals surface area contributed by atoms with Gasteiger partial charge >= 0.3 is 0 Å². The molecular formula is C13H9BrCl2N2O. The molecule has 2 rings (SSSR count). The lowest BCUT2D eigenvalue weighted by Crippen LogP contribution is -2.13. The van der Waals surface area contributed by atoms with E-state index < -0.39 is 0 Å². The van der Waals surface area contributed by atoms with Crippen molar-refractivity contribution in [3.8, 4) is 0 Å². The Bertz CT molecular complexity index is 647. The fourth-order valence-corrected chi connectivity index (χ4v) is 2.27. The van der Waals surface area contributed by atoms with E-state index in [4.69, 9.17) is 28.9 Å². The van der Waals surface area contributed by atoms with Crippen LogP contribution in [0.3, 0.4) is 0 Å². The normalized spacial score (nSPS) is 10.3. The summed E-state index contributed by atoms with van der Waals surface area (Å²) in [6.07, 6.45) is 0. The van der Waals surface area contributed by atoms with Gasteiger partial charge in [-0.3, -0.25) is 4.79 Å². The van der Waals surface area contributed by atoms with Gasteiger partial charge < -0.3 is 11.1 Å². The zero-order valence-corrected chi connectivity index (χ0v) is 12.7. The van der Waals surface area contributed by atoms with Gasteiger partial charge in [0.05, 0.1) is 22.0 Å². The molecule has 6 heteroatoms. The molecule has 0 aliphatic rings. The lowest BCUT2D eigenvalue weighted by molar-refractivity contribution is 0.102. The van der Waals surface area contributed by atoms with E-state index in [-0.39, 0.29) is 5.91 Å². The average Bonchev–Trinajstić information content (AvgIpc) is 2.36. The Labute approximate surface area is 128 Å². The van der Waals surface area contributed by atoms with Gasteiger partial charge in [-0.15, -0.1) is 0 Å². The van der Waals surface area contributed by atoms with Crippen LogP contribution in [-0.2, 0) is 0 Å². The van der Waals surface area contributed by atoms with E-state index in [9.17, 15) is 4.79 Å². The van der Waals surface area contributed by atoms with Crippen molar-refractivity contribution in [2.75, 3.05) is 11.1 Å². The molecule has 1 amide bonds. The van der Waals surface area contributed by atoms with Crippen LogP contribution in [0.1, 0.15) is 10.4 Å². The molecular weight excluding hydrogens is 351 g/mol. The molecule has 2 aromatic rings. The second-order valence-electron chi connectivity index (χ2n) is 3.79. The number of nitrogen functional groups attached to an aromatic ring is 1. The lowest BCUT2D eigenvalue weighted by Gasteiger charge is -2.10. The Morgan fingerprint density at radius 3 is 2.63 bits per heavy atom. The van der Waals surface area contributed by atoms with Gasteiger partial charge in [-0.25, -0.2) is 0 Å². The number of amides is 1. The molecule has 0 aliphatic carbocycles. The van der Waals surface area contributed by atoms with Gasteiger partial charge in [0.1, 0.15) is 0 Å².